The molecule has 8 heteroatoms. The van der Waals surface area contributed by atoms with E-state index >= 15 is 0 Å². The topological polar surface area (TPSA) is 103 Å². The van der Waals surface area contributed by atoms with E-state index in [2.05, 4.69) is 44.0 Å². The second-order valence-corrected chi connectivity index (χ2v) is 10.9. The number of methoxy groups -OCH3 is 1. The Morgan fingerprint density at radius 3 is 2.16 bits per heavy atom. The van der Waals surface area contributed by atoms with E-state index < -0.39 is 5.97 Å². The zero-order chi connectivity index (χ0) is 26.5. The molecule has 2 aromatic rings. The van der Waals surface area contributed by atoms with Crippen LogP contribution in [0.1, 0.15) is 62.9 Å². The normalized spacial score (nSPS) is 18.1. The molecule has 37 heavy (non-hydrogen) atoms. The van der Waals surface area contributed by atoms with Gasteiger partial charge in [-0.15, -0.1) is 12.1 Å². The summed E-state index contributed by atoms with van der Waals surface area (Å²) in [7, 11) is 1.53. The molecule has 1 saturated heterocycles. The number of nitriles is 1. The largest absolute Gasteiger partial charge is 1.00 e. The minimum Gasteiger partial charge on any atom is -0.553 e. The monoisotopic (exact) mass is 682 g/mol. The summed E-state index contributed by atoms with van der Waals surface area (Å²) < 4.78 is 4.88. The number of carboxylic acid groups (broad SMARTS) is 1. The number of carbonyl (C=O) groups is 2. The number of carbonyl (C=O) groups excluding carboxylic acids is 1. The van der Waals surface area contributed by atoms with Gasteiger partial charge in [0.2, 0.25) is 0 Å². The van der Waals surface area contributed by atoms with E-state index in [-0.39, 0.29) is 48.5 Å². The standard InChI is InChI=1S/C21H30N2O3.C8H6NO.Os/c1-20(2)13-21(3,4)19(20)22-17(24)14-5-7-16(8-6-14)23-11-9-15(10-12-23)18(25)26;1-10-8-5-3-2-4-7(8)6-9;/h5-8,15,19H,9-13H2,1-4H3,(H,22,24)(H,25,26);2,4-5H,1H3;/q;-1;+1. The van der Waals surface area contributed by atoms with Crippen LogP contribution in [-0.4, -0.2) is 43.2 Å². The van der Waals surface area contributed by atoms with Crippen LogP contribution in [-0.2, 0) is 24.6 Å². The van der Waals surface area contributed by atoms with Crippen molar-refractivity contribution in [3.8, 4) is 11.8 Å². The Kier molecular flexibility index (Phi) is 10.3. The van der Waals surface area contributed by atoms with Gasteiger partial charge in [-0.05, 0) is 59.9 Å². The summed E-state index contributed by atoms with van der Waals surface area (Å²) in [4.78, 5) is 25.9. The van der Waals surface area contributed by atoms with Crippen LogP contribution < -0.4 is 15.0 Å². The minimum absolute atomic E-state index is 0. The van der Waals surface area contributed by atoms with Gasteiger partial charge in [0.1, 0.15) is 0 Å². The number of anilines is 1. The Morgan fingerprint density at radius 1 is 1.11 bits per heavy atom. The van der Waals surface area contributed by atoms with Gasteiger partial charge in [0.25, 0.3) is 5.91 Å². The third-order valence-electron chi connectivity index (χ3n) is 7.25. The predicted octanol–water partition coefficient (Wildman–Crippen LogP) is 4.91. The Balaban J connectivity index is 0.000000369. The first-order chi connectivity index (χ1) is 17.0. The van der Waals surface area contributed by atoms with Crippen LogP contribution in [0.4, 0.5) is 5.69 Å². The van der Waals surface area contributed by atoms with Crippen molar-refractivity contribution in [3.05, 3.63) is 59.7 Å². The zero-order valence-corrected chi connectivity index (χ0v) is 24.7. The molecule has 1 radical (unpaired) electrons. The fourth-order valence-corrected chi connectivity index (χ4v) is 5.79. The van der Waals surface area contributed by atoms with Crippen molar-refractivity contribution in [2.45, 2.75) is 53.0 Å². The first-order valence-electron chi connectivity index (χ1n) is 12.3. The summed E-state index contributed by atoms with van der Waals surface area (Å²) in [6.07, 6.45) is 2.45. The van der Waals surface area contributed by atoms with Gasteiger partial charge >= 0.3 is 25.8 Å². The number of nitrogens with one attached hydrogen (secondary N) is 1. The smallest absolute Gasteiger partial charge is 0.553 e. The van der Waals surface area contributed by atoms with Crippen LogP contribution in [0, 0.1) is 34.1 Å². The summed E-state index contributed by atoms with van der Waals surface area (Å²) in [6.45, 7) is 10.3. The van der Waals surface area contributed by atoms with Crippen LogP contribution in [0.3, 0.4) is 0 Å². The van der Waals surface area contributed by atoms with Gasteiger partial charge in [-0.3, -0.25) is 9.59 Å². The summed E-state index contributed by atoms with van der Waals surface area (Å²) in [5, 5.41) is 20.8. The summed E-state index contributed by atoms with van der Waals surface area (Å²) >= 11 is 0. The average Bonchev–Trinajstić information content (AvgIpc) is 2.86. The van der Waals surface area contributed by atoms with Crippen molar-refractivity contribution in [1.82, 2.24) is 5.32 Å². The molecular formula is C29H36N3O4Os. The number of aliphatic carboxylic acids is 1. The molecule has 1 saturated carbocycles. The van der Waals surface area contributed by atoms with E-state index in [1.54, 1.807) is 18.2 Å². The number of ether oxygens (including phenoxy) is 1. The molecule has 2 aromatic carbocycles. The van der Waals surface area contributed by atoms with Gasteiger partial charge in [-0.1, -0.05) is 27.7 Å². The number of piperidine rings is 1. The molecule has 4 rings (SSSR count). The molecule has 2 fully saturated rings. The first-order valence-corrected chi connectivity index (χ1v) is 12.3. The maximum Gasteiger partial charge on any atom is 1.00 e. The third kappa shape index (κ3) is 7.33. The fraction of sp³-hybridized carbons (Fsp3) is 0.483. The molecule has 7 nitrogen and oxygen atoms in total. The van der Waals surface area contributed by atoms with E-state index in [0.717, 1.165) is 25.2 Å². The molecule has 1 heterocycles. The number of hydrogen-bond acceptors (Lipinski definition) is 5. The van der Waals surface area contributed by atoms with Crippen LogP contribution in [0.5, 0.6) is 5.75 Å². The van der Waals surface area contributed by atoms with Gasteiger partial charge in [0.15, 0.2) is 0 Å². The van der Waals surface area contributed by atoms with Gasteiger partial charge in [-0.2, -0.15) is 17.4 Å². The van der Waals surface area contributed by atoms with Gasteiger partial charge in [-0.25, -0.2) is 0 Å². The average molecular weight is 681 g/mol. The van der Waals surface area contributed by atoms with Crippen molar-refractivity contribution in [2.75, 3.05) is 25.1 Å². The molecule has 0 aromatic heterocycles. The number of benzene rings is 2. The Morgan fingerprint density at radius 2 is 1.70 bits per heavy atom. The molecule has 1 amide bonds. The molecule has 2 aliphatic rings. The van der Waals surface area contributed by atoms with Gasteiger partial charge in [0, 0.05) is 36.1 Å². The number of nitrogens with zero attached hydrogens (tertiary/aromatic N) is 2. The van der Waals surface area contributed by atoms with Crippen molar-refractivity contribution in [1.29, 1.82) is 5.26 Å². The maximum absolute atomic E-state index is 12.6. The van der Waals surface area contributed by atoms with Crippen molar-refractivity contribution in [3.63, 3.8) is 0 Å². The van der Waals surface area contributed by atoms with Crippen molar-refractivity contribution < 1.29 is 39.2 Å². The molecule has 0 atom stereocenters. The minimum atomic E-state index is -0.696. The molecule has 0 unspecified atom stereocenters. The van der Waals surface area contributed by atoms with E-state index in [4.69, 9.17) is 15.1 Å². The van der Waals surface area contributed by atoms with Crippen LogP contribution >= 0.6 is 0 Å². The molecule has 0 bridgehead atoms. The fourth-order valence-electron chi connectivity index (χ4n) is 5.79. The van der Waals surface area contributed by atoms with Gasteiger partial charge in [0.05, 0.1) is 19.1 Å². The van der Waals surface area contributed by atoms with Gasteiger partial charge < -0.3 is 20.1 Å². The Labute approximate surface area is 233 Å². The maximum atomic E-state index is 12.6. The van der Waals surface area contributed by atoms with E-state index in [1.165, 1.54) is 7.11 Å². The number of rotatable bonds is 5. The predicted molar refractivity (Wildman–Crippen MR) is 139 cm³/mol. The number of carboxylic acids is 1. The summed E-state index contributed by atoms with van der Waals surface area (Å²) in [5.74, 6) is -0.374. The summed E-state index contributed by atoms with van der Waals surface area (Å²) in [5.41, 5.74) is 2.53. The third-order valence-corrected chi connectivity index (χ3v) is 7.25. The SMILES string of the molecule is CC1(C)CC(C)(C)C1NC(=O)c1ccc(N2CCC(C(=O)O)CC2)cc1.COc1c[c-]ccc1C#N.[Os+]. The van der Waals surface area contributed by atoms with E-state index in [1.807, 2.05) is 30.3 Å². The van der Waals surface area contributed by atoms with Crippen LogP contribution in [0.25, 0.3) is 0 Å². The number of hydrogen-bond donors (Lipinski definition) is 2. The second kappa shape index (κ2) is 12.6. The zero-order valence-electron chi connectivity index (χ0n) is 22.2. The molecule has 2 N–H and O–H groups in total. The van der Waals surface area contributed by atoms with Crippen molar-refractivity contribution >= 4 is 17.6 Å². The second-order valence-electron chi connectivity index (χ2n) is 10.9. The molecule has 1 aliphatic heterocycles. The summed E-state index contributed by atoms with van der Waals surface area (Å²) in [6, 6.07) is 17.6. The van der Waals surface area contributed by atoms with Crippen molar-refractivity contribution in [2.24, 2.45) is 16.7 Å². The van der Waals surface area contributed by atoms with Crippen LogP contribution in [0.2, 0.25) is 0 Å². The molecule has 199 valence electrons. The van der Waals surface area contributed by atoms with E-state index in [9.17, 15) is 9.59 Å². The van der Waals surface area contributed by atoms with Crippen LogP contribution in [0.15, 0.2) is 42.5 Å². The molecular weight excluding hydrogens is 645 g/mol. The first kappa shape index (κ1) is 30.3. The Hall–Kier alpha value is -2.89. The molecule has 1 aliphatic carbocycles. The van der Waals surface area contributed by atoms with E-state index in [0.29, 0.717) is 29.7 Å². The molecule has 0 spiro atoms. The number of amides is 1. The quantitative estimate of drug-likeness (QED) is 0.436. The Bertz CT molecular complexity index is 1100.